The number of rotatable bonds is 8. The second-order valence-corrected chi connectivity index (χ2v) is 9.93. The highest BCUT2D eigenvalue weighted by Crippen LogP contribution is 2.45. The average molecular weight is 574 g/mol. The third kappa shape index (κ3) is 5.52. The standard InChI is InChI=1S/C24H20Cl4N2O6/c1-10(2)8-14(24(35)36-9-15(32)29-13-6-4-12(5-7-13)11(3)31)30-22(33)16-17(23(30)34)19(26)21(28)20(27)18(16)25/h4-7,10,14H,8-9H2,1-3H3,(H,29,32)/t14-/m0/s1. The number of hydrogen-bond donors (Lipinski definition) is 1. The zero-order valence-electron chi connectivity index (χ0n) is 19.3. The van der Waals surface area contributed by atoms with Crippen molar-refractivity contribution in [3.05, 3.63) is 61.0 Å². The molecule has 0 fully saturated rings. The summed E-state index contributed by atoms with van der Waals surface area (Å²) in [6.07, 6.45) is 0.0507. The predicted octanol–water partition coefficient (Wildman–Crippen LogP) is 5.70. The van der Waals surface area contributed by atoms with Gasteiger partial charge in [0.25, 0.3) is 17.7 Å². The maximum Gasteiger partial charge on any atom is 0.329 e. The predicted molar refractivity (Wildman–Crippen MR) is 136 cm³/mol. The van der Waals surface area contributed by atoms with Gasteiger partial charge in [0.2, 0.25) is 0 Å². The molecule has 0 saturated carbocycles. The molecule has 0 spiro atoms. The maximum absolute atomic E-state index is 13.2. The molecule has 3 amide bonds. The van der Waals surface area contributed by atoms with Crippen LogP contribution in [0.1, 0.15) is 58.3 Å². The van der Waals surface area contributed by atoms with Gasteiger partial charge in [0.1, 0.15) is 6.04 Å². The van der Waals surface area contributed by atoms with E-state index < -0.39 is 36.3 Å². The van der Waals surface area contributed by atoms with E-state index in [0.717, 1.165) is 0 Å². The highest BCUT2D eigenvalue weighted by atomic mass is 35.5. The molecule has 12 heteroatoms. The van der Waals surface area contributed by atoms with Gasteiger partial charge in [0.15, 0.2) is 12.4 Å². The van der Waals surface area contributed by atoms with E-state index in [4.69, 9.17) is 51.1 Å². The lowest BCUT2D eigenvalue weighted by Crippen LogP contribution is -2.47. The van der Waals surface area contributed by atoms with E-state index in [0.29, 0.717) is 16.2 Å². The summed E-state index contributed by atoms with van der Waals surface area (Å²) >= 11 is 24.4. The quantitative estimate of drug-likeness (QED) is 0.143. The zero-order chi connectivity index (χ0) is 26.9. The lowest BCUT2D eigenvalue weighted by atomic mass is 10.0. The van der Waals surface area contributed by atoms with Crippen LogP contribution in [-0.2, 0) is 14.3 Å². The van der Waals surface area contributed by atoms with Crippen molar-refractivity contribution in [3.8, 4) is 0 Å². The van der Waals surface area contributed by atoms with Crippen LogP contribution in [0.2, 0.25) is 20.1 Å². The van der Waals surface area contributed by atoms with E-state index in [9.17, 15) is 24.0 Å². The number of fused-ring (bicyclic) bond motifs is 1. The smallest absolute Gasteiger partial charge is 0.329 e. The van der Waals surface area contributed by atoms with Gasteiger partial charge in [-0.3, -0.25) is 24.1 Å². The number of anilines is 1. The van der Waals surface area contributed by atoms with Gasteiger partial charge in [-0.2, -0.15) is 0 Å². The number of halogens is 4. The summed E-state index contributed by atoms with van der Waals surface area (Å²) in [5.74, 6) is -3.65. The van der Waals surface area contributed by atoms with Crippen LogP contribution < -0.4 is 5.32 Å². The molecule has 1 atom stereocenters. The molecule has 0 bridgehead atoms. The summed E-state index contributed by atoms with van der Waals surface area (Å²) in [4.78, 5) is 63.7. The van der Waals surface area contributed by atoms with Gasteiger partial charge in [-0.25, -0.2) is 4.79 Å². The van der Waals surface area contributed by atoms with Crippen LogP contribution >= 0.6 is 46.4 Å². The Morgan fingerprint density at radius 1 is 0.889 bits per heavy atom. The van der Waals surface area contributed by atoms with Crippen molar-refractivity contribution in [3.63, 3.8) is 0 Å². The second-order valence-electron chi connectivity index (χ2n) is 8.42. The van der Waals surface area contributed by atoms with Gasteiger partial charge in [-0.15, -0.1) is 0 Å². The highest BCUT2D eigenvalue weighted by molar-refractivity contribution is 6.55. The number of amides is 3. The highest BCUT2D eigenvalue weighted by Gasteiger charge is 2.47. The molecule has 1 heterocycles. The molecule has 8 nitrogen and oxygen atoms in total. The molecule has 0 saturated heterocycles. The number of carbonyl (C=O) groups excluding carboxylic acids is 5. The summed E-state index contributed by atoms with van der Waals surface area (Å²) in [6, 6.07) is 4.78. The summed E-state index contributed by atoms with van der Waals surface area (Å²) in [7, 11) is 0. The Labute approximate surface area is 226 Å². The first-order chi connectivity index (χ1) is 16.8. The van der Waals surface area contributed by atoms with Gasteiger partial charge in [-0.05, 0) is 43.5 Å². The SMILES string of the molecule is CC(=O)c1ccc(NC(=O)COC(=O)[C@H](CC(C)C)N2C(=O)c3c(Cl)c(Cl)c(Cl)c(Cl)c3C2=O)cc1. The molecule has 190 valence electrons. The molecule has 0 aliphatic carbocycles. The normalized spacial score (nSPS) is 13.6. The third-order valence-corrected chi connectivity index (χ3v) is 7.13. The molecule has 1 aliphatic heterocycles. The Hall–Kier alpha value is -2.65. The van der Waals surface area contributed by atoms with E-state index >= 15 is 0 Å². The van der Waals surface area contributed by atoms with Crippen molar-refractivity contribution in [2.24, 2.45) is 5.92 Å². The van der Waals surface area contributed by atoms with E-state index in [2.05, 4.69) is 5.32 Å². The number of nitrogens with one attached hydrogen (secondary N) is 1. The first-order valence-corrected chi connectivity index (χ1v) is 12.2. The maximum atomic E-state index is 13.2. The van der Waals surface area contributed by atoms with Crippen molar-refractivity contribution in [1.82, 2.24) is 4.90 Å². The molecule has 2 aromatic rings. The number of nitrogens with zero attached hydrogens (tertiary/aromatic N) is 1. The molecular weight excluding hydrogens is 554 g/mol. The molecular formula is C24H20Cl4N2O6. The summed E-state index contributed by atoms with van der Waals surface area (Å²) in [5.41, 5.74) is 0.349. The van der Waals surface area contributed by atoms with Crippen molar-refractivity contribution < 1.29 is 28.7 Å². The topological polar surface area (TPSA) is 110 Å². The first kappa shape index (κ1) is 27.9. The number of esters is 1. The Morgan fingerprint density at radius 2 is 1.39 bits per heavy atom. The van der Waals surface area contributed by atoms with Gasteiger partial charge < -0.3 is 10.1 Å². The molecule has 2 aromatic carbocycles. The van der Waals surface area contributed by atoms with Gasteiger partial charge in [0.05, 0.1) is 31.2 Å². The lowest BCUT2D eigenvalue weighted by Gasteiger charge is -2.26. The number of Topliss-reactive ketones (excluding diaryl/α,β-unsaturated/α-hetero) is 1. The van der Waals surface area contributed by atoms with Crippen LogP contribution in [0.25, 0.3) is 0 Å². The van der Waals surface area contributed by atoms with Gasteiger partial charge in [-0.1, -0.05) is 60.3 Å². The molecule has 3 rings (SSSR count). The minimum Gasteiger partial charge on any atom is -0.454 e. The zero-order valence-corrected chi connectivity index (χ0v) is 22.3. The molecule has 0 aromatic heterocycles. The lowest BCUT2D eigenvalue weighted by molar-refractivity contribution is -0.151. The fourth-order valence-electron chi connectivity index (χ4n) is 3.62. The number of imide groups is 1. The summed E-state index contributed by atoms with van der Waals surface area (Å²) in [5, 5.41) is 1.63. The van der Waals surface area contributed by atoms with Crippen molar-refractivity contribution in [2.45, 2.75) is 33.2 Å². The van der Waals surface area contributed by atoms with Crippen molar-refractivity contribution in [2.75, 3.05) is 11.9 Å². The number of carbonyl (C=O) groups is 5. The minimum absolute atomic E-state index is 0.0507. The summed E-state index contributed by atoms with van der Waals surface area (Å²) in [6.45, 7) is 4.30. The number of benzene rings is 2. The van der Waals surface area contributed by atoms with Gasteiger partial charge >= 0.3 is 5.97 Å². The molecule has 36 heavy (non-hydrogen) atoms. The average Bonchev–Trinajstić information content (AvgIpc) is 3.08. The van der Waals surface area contributed by atoms with Crippen LogP contribution in [-0.4, -0.2) is 47.0 Å². The Morgan fingerprint density at radius 3 is 1.83 bits per heavy atom. The minimum atomic E-state index is -1.36. The van der Waals surface area contributed by atoms with Gasteiger partial charge in [0, 0.05) is 11.3 Å². The van der Waals surface area contributed by atoms with E-state index in [1.165, 1.54) is 19.1 Å². The Kier molecular flexibility index (Phi) is 8.67. The molecule has 1 aliphatic rings. The van der Waals surface area contributed by atoms with Crippen LogP contribution in [0.4, 0.5) is 5.69 Å². The third-order valence-electron chi connectivity index (χ3n) is 5.33. The first-order valence-electron chi connectivity index (χ1n) is 10.7. The van der Waals surface area contributed by atoms with Crippen molar-refractivity contribution in [1.29, 1.82) is 0 Å². The molecule has 0 unspecified atom stereocenters. The van der Waals surface area contributed by atoms with Crippen LogP contribution in [0.5, 0.6) is 0 Å². The number of ether oxygens (including phenoxy) is 1. The monoisotopic (exact) mass is 572 g/mol. The van der Waals surface area contributed by atoms with E-state index in [1.807, 2.05) is 0 Å². The number of ketones is 1. The Balaban J connectivity index is 1.78. The fourth-order valence-corrected chi connectivity index (χ4v) is 4.64. The molecule has 0 radical (unpaired) electrons. The Bertz CT molecular complexity index is 1230. The van der Waals surface area contributed by atoms with Crippen molar-refractivity contribution >= 4 is 81.6 Å². The summed E-state index contributed by atoms with van der Waals surface area (Å²) < 4.78 is 5.15. The van der Waals surface area contributed by atoms with E-state index in [1.54, 1.807) is 26.0 Å². The van der Waals surface area contributed by atoms with Crippen LogP contribution in [0.3, 0.4) is 0 Å². The molecule has 1 N–H and O–H groups in total. The number of hydrogen-bond acceptors (Lipinski definition) is 6. The largest absolute Gasteiger partial charge is 0.454 e. The second kappa shape index (κ2) is 11.2. The van der Waals surface area contributed by atoms with Crippen LogP contribution in [0.15, 0.2) is 24.3 Å². The van der Waals surface area contributed by atoms with E-state index in [-0.39, 0.29) is 49.3 Å². The fraction of sp³-hybridized carbons (Fsp3) is 0.292. The van der Waals surface area contributed by atoms with Crippen LogP contribution in [0, 0.1) is 5.92 Å².